The molecule has 2 aromatic carbocycles. The molecule has 1 amide bonds. The Balaban J connectivity index is 1.59. The van der Waals surface area contributed by atoms with Crippen LogP contribution in [0.1, 0.15) is 27.2 Å². The van der Waals surface area contributed by atoms with E-state index in [-0.39, 0.29) is 16.1 Å². The van der Waals surface area contributed by atoms with Crippen LogP contribution in [-0.2, 0) is 17.1 Å². The van der Waals surface area contributed by atoms with Gasteiger partial charge in [0, 0.05) is 18.8 Å². The SMILES string of the molecule is Cc1ccc(S(=O)(=O)Nc2c(C)n(C)n(-c3ccccc3)c2=O)cc1C(=O)NNc1ccc(C#N)cn1. The lowest BCUT2D eigenvalue weighted by atomic mass is 10.1. The molecule has 4 rings (SSSR count). The molecule has 0 unspecified atom stereocenters. The number of carbonyl (C=O) groups excluding carboxylic acids is 1. The zero-order valence-electron chi connectivity index (χ0n) is 20.2. The average Bonchev–Trinajstić information content (AvgIpc) is 3.10. The molecule has 4 aromatic rings. The van der Waals surface area contributed by atoms with Gasteiger partial charge in [0.1, 0.15) is 17.6 Å². The summed E-state index contributed by atoms with van der Waals surface area (Å²) >= 11 is 0. The Labute approximate surface area is 213 Å². The number of hydrogen-bond acceptors (Lipinski definition) is 7. The Morgan fingerprint density at radius 2 is 1.78 bits per heavy atom. The summed E-state index contributed by atoms with van der Waals surface area (Å²) in [5.41, 5.74) is 6.48. The summed E-state index contributed by atoms with van der Waals surface area (Å²) in [5.74, 6) is -0.298. The number of anilines is 2. The predicted molar refractivity (Wildman–Crippen MR) is 138 cm³/mol. The number of hydrazine groups is 1. The number of rotatable bonds is 7. The number of para-hydroxylation sites is 1. The van der Waals surface area contributed by atoms with Gasteiger partial charge in [0.2, 0.25) is 0 Å². The Morgan fingerprint density at radius 1 is 1.05 bits per heavy atom. The predicted octanol–water partition coefficient (Wildman–Crippen LogP) is 2.62. The molecule has 0 saturated carbocycles. The Bertz CT molecular complexity index is 1680. The van der Waals surface area contributed by atoms with Gasteiger partial charge in [0.25, 0.3) is 21.5 Å². The monoisotopic (exact) mass is 517 g/mol. The minimum Gasteiger partial charge on any atom is -0.283 e. The first-order chi connectivity index (χ1) is 17.6. The molecule has 11 nitrogen and oxygen atoms in total. The molecule has 0 atom stereocenters. The molecule has 37 heavy (non-hydrogen) atoms. The van der Waals surface area contributed by atoms with Crippen molar-refractivity contribution < 1.29 is 13.2 Å². The van der Waals surface area contributed by atoms with Crippen molar-refractivity contribution in [3.8, 4) is 11.8 Å². The van der Waals surface area contributed by atoms with E-state index in [1.54, 1.807) is 49.8 Å². The van der Waals surface area contributed by atoms with Gasteiger partial charge in [-0.05, 0) is 55.8 Å². The van der Waals surface area contributed by atoms with Crippen LogP contribution in [0.15, 0.2) is 76.6 Å². The number of aromatic nitrogens is 3. The van der Waals surface area contributed by atoms with E-state index >= 15 is 0 Å². The van der Waals surface area contributed by atoms with Gasteiger partial charge >= 0.3 is 0 Å². The summed E-state index contributed by atoms with van der Waals surface area (Å²) in [6.45, 7) is 3.30. The van der Waals surface area contributed by atoms with Crippen molar-refractivity contribution in [2.24, 2.45) is 7.05 Å². The first kappa shape index (κ1) is 25.2. The highest BCUT2D eigenvalue weighted by atomic mass is 32.2. The van der Waals surface area contributed by atoms with Crippen molar-refractivity contribution in [3.05, 3.63) is 99.6 Å². The number of aryl methyl sites for hydroxylation is 1. The van der Waals surface area contributed by atoms with Crippen LogP contribution in [0.5, 0.6) is 0 Å². The van der Waals surface area contributed by atoms with Crippen LogP contribution in [0.2, 0.25) is 0 Å². The average molecular weight is 518 g/mol. The van der Waals surface area contributed by atoms with Gasteiger partial charge in [-0.1, -0.05) is 24.3 Å². The van der Waals surface area contributed by atoms with Gasteiger partial charge in [0.05, 0.1) is 21.8 Å². The van der Waals surface area contributed by atoms with Crippen molar-refractivity contribution in [2.75, 3.05) is 10.1 Å². The van der Waals surface area contributed by atoms with E-state index < -0.39 is 21.5 Å². The lowest BCUT2D eigenvalue weighted by Crippen LogP contribution is -2.30. The summed E-state index contributed by atoms with van der Waals surface area (Å²) < 4.78 is 31.8. The number of sulfonamides is 1. The standard InChI is InChI=1S/C25H23N7O4S/c1-16-9-11-20(13-21(16)24(33)29-28-22-12-10-18(14-26)15-27-22)37(35,36)30-23-17(2)31(3)32(25(23)34)19-7-5-4-6-8-19/h4-13,15,30H,1-3H3,(H,27,28)(H,29,33). The smallest absolute Gasteiger partial charge is 0.283 e. The van der Waals surface area contributed by atoms with Gasteiger partial charge in [-0.3, -0.25) is 29.8 Å². The fraction of sp³-hybridized carbons (Fsp3) is 0.120. The molecule has 0 aliphatic rings. The molecule has 12 heteroatoms. The first-order valence-electron chi connectivity index (χ1n) is 11.0. The van der Waals surface area contributed by atoms with E-state index in [4.69, 9.17) is 5.26 Å². The molecule has 0 aliphatic carbocycles. The van der Waals surface area contributed by atoms with Gasteiger partial charge in [-0.2, -0.15) is 5.26 Å². The summed E-state index contributed by atoms with van der Waals surface area (Å²) in [6.07, 6.45) is 1.34. The molecule has 0 saturated heterocycles. The third kappa shape index (κ3) is 5.07. The fourth-order valence-electron chi connectivity index (χ4n) is 3.61. The van der Waals surface area contributed by atoms with Crippen LogP contribution in [0.4, 0.5) is 11.5 Å². The highest BCUT2D eigenvalue weighted by Gasteiger charge is 2.24. The minimum atomic E-state index is -4.21. The number of pyridine rings is 1. The number of carbonyl (C=O) groups is 1. The molecule has 0 fully saturated rings. The largest absolute Gasteiger partial charge is 0.296 e. The Hall–Kier alpha value is -4.89. The highest BCUT2D eigenvalue weighted by molar-refractivity contribution is 7.92. The third-order valence-electron chi connectivity index (χ3n) is 5.75. The van der Waals surface area contributed by atoms with Gasteiger partial charge in [-0.15, -0.1) is 0 Å². The third-order valence-corrected chi connectivity index (χ3v) is 7.10. The van der Waals surface area contributed by atoms with Crippen LogP contribution in [0.25, 0.3) is 5.69 Å². The molecule has 3 N–H and O–H groups in total. The summed E-state index contributed by atoms with van der Waals surface area (Å²) in [4.78, 5) is 29.7. The van der Waals surface area contributed by atoms with Crippen LogP contribution >= 0.6 is 0 Å². The van der Waals surface area contributed by atoms with Crippen molar-refractivity contribution in [3.63, 3.8) is 0 Å². The van der Waals surface area contributed by atoms with Gasteiger partial charge < -0.3 is 0 Å². The van der Waals surface area contributed by atoms with E-state index in [9.17, 15) is 18.0 Å². The van der Waals surface area contributed by atoms with Gasteiger partial charge in [0.15, 0.2) is 0 Å². The number of nitriles is 1. The van der Waals surface area contributed by atoms with Crippen LogP contribution in [0, 0.1) is 25.2 Å². The van der Waals surface area contributed by atoms with Gasteiger partial charge in [-0.25, -0.2) is 18.1 Å². The number of benzene rings is 2. The fourth-order valence-corrected chi connectivity index (χ4v) is 4.76. The van der Waals surface area contributed by atoms with E-state index in [0.717, 1.165) is 0 Å². The number of hydrogen-bond donors (Lipinski definition) is 3. The maximum absolute atomic E-state index is 13.2. The van der Waals surface area contributed by atoms with Crippen molar-refractivity contribution in [1.29, 1.82) is 5.26 Å². The second-order valence-corrected chi connectivity index (χ2v) is 9.82. The lowest BCUT2D eigenvalue weighted by Gasteiger charge is -2.12. The molecule has 2 heterocycles. The Kier molecular flexibility index (Phi) is 6.81. The maximum atomic E-state index is 13.2. The van der Waals surface area contributed by atoms with Crippen LogP contribution in [0.3, 0.4) is 0 Å². The molecule has 0 radical (unpaired) electrons. The van der Waals surface area contributed by atoms with Crippen molar-refractivity contribution in [2.45, 2.75) is 18.7 Å². The topological polar surface area (TPSA) is 151 Å². The zero-order chi connectivity index (χ0) is 26.7. The van der Waals surface area contributed by atoms with Crippen molar-refractivity contribution in [1.82, 2.24) is 19.8 Å². The second-order valence-electron chi connectivity index (χ2n) is 8.14. The van der Waals surface area contributed by atoms with E-state index in [0.29, 0.717) is 28.3 Å². The normalized spacial score (nSPS) is 11.0. The summed E-state index contributed by atoms with van der Waals surface area (Å²) in [6, 6.07) is 17.9. The molecule has 0 bridgehead atoms. The second kappa shape index (κ2) is 10.00. The highest BCUT2D eigenvalue weighted by Crippen LogP contribution is 2.21. The summed E-state index contributed by atoms with van der Waals surface area (Å²) in [5, 5.41) is 8.85. The lowest BCUT2D eigenvalue weighted by molar-refractivity contribution is 0.0961. The molecule has 0 aliphatic heterocycles. The zero-order valence-corrected chi connectivity index (χ0v) is 21.0. The number of amides is 1. The van der Waals surface area contributed by atoms with E-state index in [1.807, 2.05) is 12.1 Å². The van der Waals surface area contributed by atoms with Crippen LogP contribution < -0.4 is 21.1 Å². The summed E-state index contributed by atoms with van der Waals surface area (Å²) in [7, 11) is -2.55. The Morgan fingerprint density at radius 3 is 2.43 bits per heavy atom. The van der Waals surface area contributed by atoms with Crippen molar-refractivity contribution >= 4 is 27.4 Å². The molecular formula is C25H23N7O4S. The number of nitrogens with zero attached hydrogens (tertiary/aromatic N) is 4. The number of nitrogens with one attached hydrogen (secondary N) is 3. The maximum Gasteiger partial charge on any atom is 0.296 e. The molecule has 188 valence electrons. The van der Waals surface area contributed by atoms with Crippen LogP contribution in [-0.4, -0.2) is 28.7 Å². The first-order valence-corrected chi connectivity index (χ1v) is 12.5. The quantitative estimate of drug-likeness (QED) is 0.319. The molecule has 0 spiro atoms. The minimum absolute atomic E-state index is 0.0912. The van der Waals surface area contributed by atoms with E-state index in [1.165, 1.54) is 41.2 Å². The van der Waals surface area contributed by atoms with E-state index in [2.05, 4.69) is 20.6 Å². The molecule has 2 aromatic heterocycles. The molecular weight excluding hydrogens is 494 g/mol.